The van der Waals surface area contributed by atoms with Crippen LogP contribution in [0.25, 0.3) is 0 Å². The van der Waals surface area contributed by atoms with Crippen LogP contribution >= 0.6 is 0 Å². The van der Waals surface area contributed by atoms with E-state index in [1.165, 1.54) is 7.05 Å². The van der Waals surface area contributed by atoms with Crippen LogP contribution in [0, 0.1) is 22.5 Å². The van der Waals surface area contributed by atoms with Crippen molar-refractivity contribution in [2.24, 2.45) is 11.2 Å². The molecule has 0 N–H and O–H groups in total. The fourth-order valence-corrected chi connectivity index (χ4v) is 2.25. The minimum atomic E-state index is -4.99. The van der Waals surface area contributed by atoms with Gasteiger partial charge < -0.3 is 4.74 Å². The van der Waals surface area contributed by atoms with E-state index in [0.29, 0.717) is 6.07 Å². The maximum atomic E-state index is 14.0. The lowest BCUT2D eigenvalue weighted by Crippen LogP contribution is -2.39. The van der Waals surface area contributed by atoms with E-state index in [2.05, 4.69) is 5.29 Å². The predicted octanol–water partition coefficient (Wildman–Crippen LogP) is 3.28. The van der Waals surface area contributed by atoms with Crippen molar-refractivity contribution in [3.8, 4) is 0 Å². The first-order chi connectivity index (χ1) is 9.75. The summed E-state index contributed by atoms with van der Waals surface area (Å²) in [7, 11) is 1.24. The number of hydrogen-bond donors (Lipinski definition) is 0. The van der Waals surface area contributed by atoms with Gasteiger partial charge in [0.2, 0.25) is 0 Å². The third kappa shape index (κ3) is 2.97. The quantitative estimate of drug-likeness (QED) is 0.487. The Morgan fingerprint density at radius 3 is 2.33 bits per heavy atom. The summed E-state index contributed by atoms with van der Waals surface area (Å²) in [4.78, 5) is 10.6. The minimum absolute atomic E-state index is 0.0931. The molecule has 1 aliphatic heterocycles. The fraction of sp³-hybridized carbons (Fsp3) is 0.500. The Balaban J connectivity index is 2.46. The van der Waals surface area contributed by atoms with Gasteiger partial charge in [0.25, 0.3) is 0 Å². The lowest BCUT2D eigenvalue weighted by Gasteiger charge is -2.36. The average molecular weight is 310 g/mol. The van der Waals surface area contributed by atoms with Gasteiger partial charge in [0.1, 0.15) is 11.6 Å². The normalized spacial score (nSPS) is 17.2. The first kappa shape index (κ1) is 15.6. The van der Waals surface area contributed by atoms with E-state index in [1.54, 1.807) is 0 Å². The van der Waals surface area contributed by atoms with Gasteiger partial charge in [-0.15, -0.1) is 4.91 Å². The lowest BCUT2D eigenvalue weighted by atomic mass is 9.90. The summed E-state index contributed by atoms with van der Waals surface area (Å²) < 4.78 is 70.0. The molecule has 1 aliphatic rings. The number of hydrogen-bond acceptors (Lipinski definition) is 3. The maximum Gasteiger partial charge on any atom is 0.419 e. The van der Waals surface area contributed by atoms with Crippen molar-refractivity contribution in [2.75, 3.05) is 20.3 Å². The Morgan fingerprint density at radius 2 is 1.90 bits per heavy atom. The molecule has 4 nitrogen and oxygen atoms in total. The molecular formula is C12H11F5N2O2. The molecule has 1 atom stereocenters. The second-order valence-corrected chi connectivity index (χ2v) is 4.75. The first-order valence-corrected chi connectivity index (χ1v) is 5.95. The molecular weight excluding hydrogens is 299 g/mol. The zero-order valence-electron chi connectivity index (χ0n) is 10.8. The molecule has 116 valence electrons. The van der Waals surface area contributed by atoms with Crippen molar-refractivity contribution in [3.63, 3.8) is 0 Å². The van der Waals surface area contributed by atoms with E-state index in [0.717, 1.165) is 5.01 Å². The van der Waals surface area contributed by atoms with Gasteiger partial charge >= 0.3 is 6.18 Å². The second kappa shape index (κ2) is 5.55. The standard InChI is InChI=1S/C12H11F5N2O2/c1-19(18-20)11(6-4-21-5-6)7-2-10(14)8(3-9(7)13)12(15,16)17/h2-3,6,11H,4-5H2,1H3. The van der Waals surface area contributed by atoms with Gasteiger partial charge in [0, 0.05) is 18.5 Å². The number of nitroso groups, excluding NO2 is 1. The topological polar surface area (TPSA) is 41.9 Å². The zero-order chi connectivity index (χ0) is 15.8. The Bertz CT molecular complexity index is 545. The van der Waals surface area contributed by atoms with Gasteiger partial charge in [0.05, 0.1) is 30.1 Å². The summed E-state index contributed by atoms with van der Waals surface area (Å²) in [5, 5.41) is 3.47. The van der Waals surface area contributed by atoms with E-state index in [1.807, 2.05) is 0 Å². The molecule has 2 rings (SSSR count). The second-order valence-electron chi connectivity index (χ2n) is 4.75. The number of nitrogens with zero attached hydrogens (tertiary/aromatic N) is 2. The Morgan fingerprint density at radius 1 is 1.29 bits per heavy atom. The predicted molar refractivity (Wildman–Crippen MR) is 62.0 cm³/mol. The summed E-state index contributed by atoms with van der Waals surface area (Å²) in [6.07, 6.45) is -4.99. The van der Waals surface area contributed by atoms with Crippen molar-refractivity contribution in [3.05, 3.63) is 39.8 Å². The van der Waals surface area contributed by atoms with Gasteiger partial charge in [-0.25, -0.2) is 8.78 Å². The molecule has 1 unspecified atom stereocenters. The summed E-state index contributed by atoms with van der Waals surface area (Å²) in [6, 6.07) is -0.424. The molecule has 0 aromatic heterocycles. The highest BCUT2D eigenvalue weighted by Gasteiger charge is 2.39. The number of ether oxygens (including phenoxy) is 1. The molecule has 0 amide bonds. The first-order valence-electron chi connectivity index (χ1n) is 5.95. The Hall–Kier alpha value is -1.77. The van der Waals surface area contributed by atoms with Crippen molar-refractivity contribution in [1.29, 1.82) is 0 Å². The average Bonchev–Trinajstić information content (AvgIpc) is 2.34. The van der Waals surface area contributed by atoms with Crippen LogP contribution in [0.15, 0.2) is 17.4 Å². The highest BCUT2D eigenvalue weighted by Crippen LogP contribution is 2.38. The van der Waals surface area contributed by atoms with Gasteiger partial charge in [0.15, 0.2) is 0 Å². The van der Waals surface area contributed by atoms with Crippen LogP contribution in [-0.2, 0) is 10.9 Å². The van der Waals surface area contributed by atoms with Gasteiger partial charge in [-0.1, -0.05) is 0 Å². The number of benzene rings is 1. The smallest absolute Gasteiger partial charge is 0.381 e. The van der Waals surface area contributed by atoms with E-state index in [9.17, 15) is 26.9 Å². The molecule has 0 bridgehead atoms. The van der Waals surface area contributed by atoms with E-state index in [-0.39, 0.29) is 30.8 Å². The summed E-state index contributed by atoms with van der Waals surface area (Å²) >= 11 is 0. The molecule has 0 aliphatic carbocycles. The third-order valence-corrected chi connectivity index (χ3v) is 3.35. The molecule has 1 heterocycles. The van der Waals surface area contributed by atoms with Gasteiger partial charge in [-0.2, -0.15) is 13.2 Å². The summed E-state index contributed by atoms with van der Waals surface area (Å²) in [5.74, 6) is -3.18. The summed E-state index contributed by atoms with van der Waals surface area (Å²) in [5.41, 5.74) is -2.04. The molecule has 0 spiro atoms. The van der Waals surface area contributed by atoms with Crippen LogP contribution in [0.5, 0.6) is 0 Å². The molecule has 1 fully saturated rings. The van der Waals surface area contributed by atoms with Crippen LogP contribution in [0.4, 0.5) is 22.0 Å². The van der Waals surface area contributed by atoms with E-state index >= 15 is 0 Å². The fourth-order valence-electron chi connectivity index (χ4n) is 2.25. The van der Waals surface area contributed by atoms with Crippen molar-refractivity contribution in [2.45, 2.75) is 12.2 Å². The van der Waals surface area contributed by atoms with Crippen LogP contribution < -0.4 is 0 Å². The van der Waals surface area contributed by atoms with Crippen LogP contribution in [-0.4, -0.2) is 25.3 Å². The Labute approximate surface area is 116 Å². The van der Waals surface area contributed by atoms with Crippen molar-refractivity contribution >= 4 is 0 Å². The zero-order valence-corrected chi connectivity index (χ0v) is 10.8. The highest BCUT2D eigenvalue weighted by atomic mass is 19.4. The molecule has 9 heteroatoms. The van der Waals surface area contributed by atoms with Crippen LogP contribution in [0.2, 0.25) is 0 Å². The lowest BCUT2D eigenvalue weighted by molar-refractivity contribution is -0.140. The third-order valence-electron chi connectivity index (χ3n) is 3.35. The van der Waals surface area contributed by atoms with Crippen LogP contribution in [0.3, 0.4) is 0 Å². The van der Waals surface area contributed by atoms with Crippen molar-refractivity contribution in [1.82, 2.24) is 5.01 Å². The molecule has 0 saturated carbocycles. The van der Waals surface area contributed by atoms with E-state index < -0.39 is 29.4 Å². The van der Waals surface area contributed by atoms with Gasteiger partial charge in [-0.05, 0) is 12.1 Å². The van der Waals surface area contributed by atoms with E-state index in [4.69, 9.17) is 4.74 Å². The monoisotopic (exact) mass is 310 g/mol. The van der Waals surface area contributed by atoms with Crippen LogP contribution in [0.1, 0.15) is 17.2 Å². The Kier molecular flexibility index (Phi) is 4.13. The molecule has 1 saturated heterocycles. The number of alkyl halides is 3. The molecule has 1 aromatic carbocycles. The molecule has 0 radical (unpaired) electrons. The maximum absolute atomic E-state index is 14.0. The number of halogens is 5. The molecule has 1 aromatic rings. The summed E-state index contributed by atoms with van der Waals surface area (Å²) in [6.45, 7) is 0.374. The number of rotatable bonds is 4. The van der Waals surface area contributed by atoms with Gasteiger partial charge in [-0.3, -0.25) is 5.01 Å². The highest BCUT2D eigenvalue weighted by molar-refractivity contribution is 5.31. The largest absolute Gasteiger partial charge is 0.419 e. The van der Waals surface area contributed by atoms with Crippen molar-refractivity contribution < 1.29 is 26.7 Å². The molecule has 21 heavy (non-hydrogen) atoms. The minimum Gasteiger partial charge on any atom is -0.381 e. The SMILES string of the molecule is CN(N=O)C(c1cc(F)c(C(F)(F)F)cc1F)C1COC1.